The van der Waals surface area contributed by atoms with E-state index in [9.17, 15) is 4.79 Å². The van der Waals surface area contributed by atoms with Gasteiger partial charge < -0.3 is 0 Å². The molecule has 1 aliphatic rings. The number of hydrogen-bond acceptors (Lipinski definition) is 4. The Hall–Kier alpha value is -2.37. The molecule has 0 amide bonds. The fourth-order valence-corrected chi connectivity index (χ4v) is 5.83. The molecule has 0 spiro atoms. The van der Waals surface area contributed by atoms with Gasteiger partial charge in [0.15, 0.2) is 4.34 Å². The summed E-state index contributed by atoms with van der Waals surface area (Å²) in [5, 5.41) is 3.32. The Bertz CT molecular complexity index is 1190. The summed E-state index contributed by atoms with van der Waals surface area (Å²) in [6.07, 6.45) is 4.45. The number of para-hydroxylation sites is 1. The second-order valence-corrected chi connectivity index (χ2v) is 9.61. The zero-order valence-electron chi connectivity index (χ0n) is 16.4. The van der Waals surface area contributed by atoms with Gasteiger partial charge in [-0.05, 0) is 44.2 Å². The van der Waals surface area contributed by atoms with Crippen LogP contribution in [0.4, 0.5) is 0 Å². The Morgan fingerprint density at radius 1 is 1.10 bits per heavy atom. The first kappa shape index (κ1) is 18.6. The molecule has 0 N–H and O–H groups in total. The van der Waals surface area contributed by atoms with Gasteiger partial charge in [0.1, 0.15) is 0 Å². The van der Waals surface area contributed by atoms with Crippen molar-refractivity contribution in [2.45, 2.75) is 36.9 Å². The van der Waals surface area contributed by atoms with Crippen LogP contribution in [0.3, 0.4) is 0 Å². The van der Waals surface area contributed by atoms with Gasteiger partial charge in [-0.3, -0.25) is 9.36 Å². The van der Waals surface area contributed by atoms with Gasteiger partial charge in [-0.1, -0.05) is 59.8 Å². The molecule has 29 heavy (non-hydrogen) atoms. The van der Waals surface area contributed by atoms with Crippen LogP contribution >= 0.6 is 23.1 Å². The van der Waals surface area contributed by atoms with E-state index in [2.05, 4.69) is 54.8 Å². The highest BCUT2D eigenvalue weighted by atomic mass is 32.2. The number of hydrogen-bond donors (Lipinski definition) is 0. The van der Waals surface area contributed by atoms with Crippen molar-refractivity contribution in [3.63, 3.8) is 0 Å². The van der Waals surface area contributed by atoms with E-state index in [1.165, 1.54) is 28.6 Å². The van der Waals surface area contributed by atoms with Gasteiger partial charge in [0.05, 0.1) is 17.0 Å². The fourth-order valence-electron chi connectivity index (χ4n) is 4.15. The third-order valence-electron chi connectivity index (χ3n) is 5.58. The molecule has 2 aromatic heterocycles. The van der Waals surface area contributed by atoms with Crippen molar-refractivity contribution in [3.8, 4) is 11.3 Å². The molecule has 2 aromatic carbocycles. The van der Waals surface area contributed by atoms with Gasteiger partial charge in [0.25, 0.3) is 0 Å². The standard InChI is InChI=1S/C24H22N2OS2/c1-16-10-12-17(13-11-16)20-14-28-24(25-20)29-15-23(27)26-21-8-4-2-6-18(21)19-7-3-5-9-22(19)26/h2,4,6,8,10-14H,3,5,7,9,15H2,1H3. The Labute approximate surface area is 178 Å². The summed E-state index contributed by atoms with van der Waals surface area (Å²) in [6.45, 7) is 2.08. The van der Waals surface area contributed by atoms with E-state index in [1.807, 2.05) is 10.6 Å². The lowest BCUT2D eigenvalue weighted by Crippen LogP contribution is -2.18. The number of carbonyl (C=O) groups is 1. The van der Waals surface area contributed by atoms with E-state index in [0.717, 1.165) is 40.4 Å². The maximum Gasteiger partial charge on any atom is 0.241 e. The lowest BCUT2D eigenvalue weighted by molar-refractivity contribution is 0.0943. The maximum absolute atomic E-state index is 13.2. The average molecular weight is 419 g/mol. The van der Waals surface area contributed by atoms with Crippen molar-refractivity contribution in [1.82, 2.24) is 9.55 Å². The van der Waals surface area contributed by atoms with Crippen LogP contribution in [0.2, 0.25) is 0 Å². The Morgan fingerprint density at radius 3 is 2.76 bits per heavy atom. The summed E-state index contributed by atoms with van der Waals surface area (Å²) >= 11 is 3.15. The number of thiazole rings is 1. The van der Waals surface area contributed by atoms with E-state index in [1.54, 1.807) is 23.1 Å². The highest BCUT2D eigenvalue weighted by Gasteiger charge is 2.23. The summed E-state index contributed by atoms with van der Waals surface area (Å²) in [7, 11) is 0. The van der Waals surface area contributed by atoms with Gasteiger partial charge in [0, 0.05) is 22.0 Å². The first-order chi connectivity index (χ1) is 14.2. The van der Waals surface area contributed by atoms with Crippen LogP contribution in [0.25, 0.3) is 22.2 Å². The van der Waals surface area contributed by atoms with Gasteiger partial charge in [-0.2, -0.15) is 0 Å². The van der Waals surface area contributed by atoms with Crippen LogP contribution in [0, 0.1) is 6.92 Å². The Morgan fingerprint density at radius 2 is 1.90 bits per heavy atom. The minimum atomic E-state index is 0.154. The molecule has 5 rings (SSSR count). The number of carbonyl (C=O) groups excluding carboxylic acids is 1. The molecule has 0 bridgehead atoms. The van der Waals surface area contributed by atoms with Crippen LogP contribution < -0.4 is 0 Å². The van der Waals surface area contributed by atoms with E-state index in [-0.39, 0.29) is 5.91 Å². The van der Waals surface area contributed by atoms with Gasteiger partial charge in [-0.15, -0.1) is 11.3 Å². The SMILES string of the molecule is Cc1ccc(-c2csc(SCC(=O)n3c4c(c5ccccc53)CCCC4)n2)cc1. The van der Waals surface area contributed by atoms with Crippen LogP contribution in [0.5, 0.6) is 0 Å². The summed E-state index contributed by atoms with van der Waals surface area (Å²) in [5.41, 5.74) is 7.00. The number of benzene rings is 2. The number of rotatable bonds is 4. The quantitative estimate of drug-likeness (QED) is 0.360. The van der Waals surface area contributed by atoms with E-state index >= 15 is 0 Å². The summed E-state index contributed by atoms with van der Waals surface area (Å²) in [6, 6.07) is 16.7. The zero-order chi connectivity index (χ0) is 19.8. The van der Waals surface area contributed by atoms with Gasteiger partial charge >= 0.3 is 0 Å². The smallest absolute Gasteiger partial charge is 0.241 e. The topological polar surface area (TPSA) is 34.9 Å². The normalized spacial score (nSPS) is 13.6. The Kier molecular flexibility index (Phi) is 5.02. The molecule has 0 aliphatic heterocycles. The lowest BCUT2D eigenvalue weighted by Gasteiger charge is -2.14. The van der Waals surface area contributed by atoms with Crippen molar-refractivity contribution in [2.24, 2.45) is 0 Å². The number of fused-ring (bicyclic) bond motifs is 3. The Balaban J connectivity index is 1.37. The number of nitrogens with zero attached hydrogens (tertiary/aromatic N) is 2. The summed E-state index contributed by atoms with van der Waals surface area (Å²) < 4.78 is 2.92. The third kappa shape index (κ3) is 3.53. The van der Waals surface area contributed by atoms with E-state index in [4.69, 9.17) is 4.98 Å². The summed E-state index contributed by atoms with van der Waals surface area (Å²) in [4.78, 5) is 17.9. The van der Waals surface area contributed by atoms with Crippen LogP contribution in [0.15, 0.2) is 58.3 Å². The van der Waals surface area contributed by atoms with Gasteiger partial charge in [-0.25, -0.2) is 4.98 Å². The van der Waals surface area contributed by atoms with Crippen LogP contribution in [-0.4, -0.2) is 21.2 Å². The largest absolute Gasteiger partial charge is 0.283 e. The summed E-state index contributed by atoms with van der Waals surface area (Å²) in [5.74, 6) is 0.563. The van der Waals surface area contributed by atoms with Crippen molar-refractivity contribution >= 4 is 39.9 Å². The maximum atomic E-state index is 13.2. The highest BCUT2D eigenvalue weighted by molar-refractivity contribution is 8.01. The van der Waals surface area contributed by atoms with E-state index in [0.29, 0.717) is 5.75 Å². The van der Waals surface area contributed by atoms with Crippen molar-refractivity contribution < 1.29 is 4.79 Å². The second-order valence-electron chi connectivity index (χ2n) is 7.53. The molecule has 0 radical (unpaired) electrons. The molecule has 5 heteroatoms. The van der Waals surface area contributed by atoms with Gasteiger partial charge in [0.2, 0.25) is 5.91 Å². The van der Waals surface area contributed by atoms with E-state index < -0.39 is 0 Å². The molecular formula is C24H22N2OS2. The number of aromatic nitrogens is 2. The minimum Gasteiger partial charge on any atom is -0.283 e. The number of thioether (sulfide) groups is 1. The molecule has 0 fully saturated rings. The molecule has 0 unspecified atom stereocenters. The fraction of sp³-hybridized carbons (Fsp3) is 0.250. The third-order valence-corrected chi connectivity index (χ3v) is 7.58. The molecule has 3 nitrogen and oxygen atoms in total. The predicted molar refractivity (Wildman–Crippen MR) is 122 cm³/mol. The van der Waals surface area contributed by atoms with Crippen molar-refractivity contribution in [1.29, 1.82) is 0 Å². The molecule has 1 aliphatic carbocycles. The van der Waals surface area contributed by atoms with Crippen molar-refractivity contribution in [2.75, 3.05) is 5.75 Å². The monoisotopic (exact) mass is 418 g/mol. The molecule has 2 heterocycles. The minimum absolute atomic E-state index is 0.154. The lowest BCUT2D eigenvalue weighted by atomic mass is 9.96. The van der Waals surface area contributed by atoms with Crippen LogP contribution in [0.1, 0.15) is 34.5 Å². The molecule has 146 valence electrons. The molecule has 0 atom stereocenters. The first-order valence-electron chi connectivity index (χ1n) is 10.0. The molecule has 4 aromatic rings. The second kappa shape index (κ2) is 7.81. The molecule has 0 saturated carbocycles. The number of aryl methyl sites for hydroxylation is 2. The average Bonchev–Trinajstić information content (AvgIpc) is 3.35. The zero-order valence-corrected chi connectivity index (χ0v) is 18.0. The van der Waals surface area contributed by atoms with Crippen LogP contribution in [-0.2, 0) is 12.8 Å². The predicted octanol–water partition coefficient (Wildman–Crippen LogP) is 6.38. The van der Waals surface area contributed by atoms with Crippen molar-refractivity contribution in [3.05, 3.63) is 70.7 Å². The molecule has 0 saturated heterocycles. The molecular weight excluding hydrogens is 396 g/mol. The first-order valence-corrected chi connectivity index (χ1v) is 11.9. The highest BCUT2D eigenvalue weighted by Crippen LogP contribution is 2.33.